The van der Waals surface area contributed by atoms with Crippen molar-refractivity contribution in [1.29, 1.82) is 0 Å². The van der Waals surface area contributed by atoms with Gasteiger partial charge in [0.05, 0.1) is 18.8 Å². The number of hydrogen-bond acceptors (Lipinski definition) is 4. The number of carboxylic acids is 1. The molecule has 86 valence electrons. The van der Waals surface area contributed by atoms with Crippen LogP contribution in [0.15, 0.2) is 18.2 Å². The molecule has 1 atom stereocenters. The van der Waals surface area contributed by atoms with Gasteiger partial charge in [0, 0.05) is 12.5 Å². The van der Waals surface area contributed by atoms with E-state index in [4.69, 9.17) is 14.6 Å². The van der Waals surface area contributed by atoms with E-state index in [0.29, 0.717) is 19.0 Å². The van der Waals surface area contributed by atoms with Crippen LogP contribution in [0, 0.1) is 0 Å². The maximum absolute atomic E-state index is 10.8. The number of aromatic hydroxyl groups is 1. The number of carbonyl (C=O) groups is 1. The van der Waals surface area contributed by atoms with Crippen LogP contribution in [0.3, 0.4) is 0 Å². The van der Waals surface area contributed by atoms with Gasteiger partial charge in [-0.05, 0) is 12.1 Å². The van der Waals surface area contributed by atoms with Gasteiger partial charge in [0.25, 0.3) is 0 Å². The summed E-state index contributed by atoms with van der Waals surface area (Å²) in [7, 11) is 0. The van der Waals surface area contributed by atoms with E-state index < -0.39 is 5.97 Å². The van der Waals surface area contributed by atoms with Crippen LogP contribution in [0.4, 0.5) is 0 Å². The van der Waals surface area contributed by atoms with E-state index in [2.05, 4.69) is 0 Å². The average Bonchev–Trinajstić information content (AvgIpc) is 2.69. The van der Waals surface area contributed by atoms with Gasteiger partial charge < -0.3 is 19.7 Å². The molecule has 2 rings (SSSR count). The second-order valence-electron chi connectivity index (χ2n) is 3.62. The smallest absolute Gasteiger partial charge is 0.335 e. The second-order valence-corrected chi connectivity index (χ2v) is 3.62. The van der Waals surface area contributed by atoms with Gasteiger partial charge in [0.2, 0.25) is 0 Å². The zero-order valence-corrected chi connectivity index (χ0v) is 8.55. The summed E-state index contributed by atoms with van der Waals surface area (Å²) in [5.74, 6) is -0.856. The van der Waals surface area contributed by atoms with Crippen LogP contribution in [0.1, 0.15) is 16.8 Å². The lowest BCUT2D eigenvalue weighted by Gasteiger charge is -2.12. The Morgan fingerprint density at radius 1 is 1.44 bits per heavy atom. The van der Waals surface area contributed by atoms with Crippen molar-refractivity contribution in [3.63, 3.8) is 0 Å². The van der Waals surface area contributed by atoms with Gasteiger partial charge in [-0.15, -0.1) is 0 Å². The van der Waals surface area contributed by atoms with Crippen LogP contribution in [-0.2, 0) is 4.74 Å². The van der Waals surface area contributed by atoms with Crippen LogP contribution < -0.4 is 4.74 Å². The number of rotatable bonds is 3. The number of phenolic OH excluding ortho intramolecular Hbond substituents is 1. The maximum atomic E-state index is 10.8. The van der Waals surface area contributed by atoms with E-state index in [1.54, 1.807) is 0 Å². The summed E-state index contributed by atoms with van der Waals surface area (Å²) >= 11 is 0. The molecule has 0 aromatic heterocycles. The van der Waals surface area contributed by atoms with Crippen molar-refractivity contribution in [2.45, 2.75) is 12.5 Å². The minimum absolute atomic E-state index is 0.00825. The van der Waals surface area contributed by atoms with E-state index in [9.17, 15) is 9.90 Å². The Labute approximate surface area is 92.2 Å². The normalized spacial score (nSPS) is 19.6. The summed E-state index contributed by atoms with van der Waals surface area (Å²) in [5, 5.41) is 18.1. The second kappa shape index (κ2) is 4.40. The summed E-state index contributed by atoms with van der Waals surface area (Å²) in [6, 6.07) is 3.96. The van der Waals surface area contributed by atoms with Gasteiger partial charge in [0.15, 0.2) is 0 Å². The molecule has 0 spiro atoms. The zero-order valence-electron chi connectivity index (χ0n) is 8.55. The number of phenols is 1. The lowest BCUT2D eigenvalue weighted by molar-refractivity contribution is 0.0695. The molecule has 1 aliphatic heterocycles. The first-order valence-electron chi connectivity index (χ1n) is 4.97. The predicted octanol–water partition coefficient (Wildman–Crippen LogP) is 1.26. The standard InChI is InChI=1S/C11H12O5/c12-8-3-7(11(13)14)4-10(5-8)16-9-1-2-15-6-9/h3-5,9,12H,1-2,6H2,(H,13,14)/t9-/m0/s1. The van der Waals surface area contributed by atoms with E-state index in [1.807, 2.05) is 0 Å². The fourth-order valence-corrected chi connectivity index (χ4v) is 1.57. The molecule has 5 heteroatoms. The first-order chi connectivity index (χ1) is 7.65. The molecule has 1 saturated heterocycles. The highest BCUT2D eigenvalue weighted by Crippen LogP contribution is 2.24. The average molecular weight is 224 g/mol. The number of ether oxygens (including phenoxy) is 2. The van der Waals surface area contributed by atoms with Crippen molar-refractivity contribution in [3.05, 3.63) is 23.8 Å². The fourth-order valence-electron chi connectivity index (χ4n) is 1.57. The summed E-state index contributed by atoms with van der Waals surface area (Å²) in [4.78, 5) is 10.8. The van der Waals surface area contributed by atoms with Crippen LogP contribution in [-0.4, -0.2) is 35.5 Å². The third-order valence-corrected chi connectivity index (χ3v) is 2.33. The molecule has 1 aliphatic rings. The zero-order chi connectivity index (χ0) is 11.5. The third kappa shape index (κ3) is 2.43. The van der Waals surface area contributed by atoms with Crippen molar-refractivity contribution in [2.24, 2.45) is 0 Å². The van der Waals surface area contributed by atoms with Gasteiger partial charge in [-0.3, -0.25) is 0 Å². The maximum Gasteiger partial charge on any atom is 0.335 e. The first kappa shape index (κ1) is 10.8. The van der Waals surface area contributed by atoms with Gasteiger partial charge in [-0.2, -0.15) is 0 Å². The van der Waals surface area contributed by atoms with E-state index in [-0.39, 0.29) is 17.4 Å². The van der Waals surface area contributed by atoms with Gasteiger partial charge in [0.1, 0.15) is 17.6 Å². The SMILES string of the molecule is O=C(O)c1cc(O)cc(O[C@H]2CCOC2)c1. The molecule has 0 radical (unpaired) electrons. The monoisotopic (exact) mass is 224 g/mol. The number of carboxylic acid groups (broad SMARTS) is 1. The fraction of sp³-hybridized carbons (Fsp3) is 0.364. The lowest BCUT2D eigenvalue weighted by Crippen LogP contribution is -2.15. The summed E-state index contributed by atoms with van der Waals surface area (Å²) in [6.07, 6.45) is 0.710. The molecule has 0 aliphatic carbocycles. The molecular weight excluding hydrogens is 212 g/mol. The summed E-state index contributed by atoms with van der Waals surface area (Å²) in [6.45, 7) is 1.15. The quantitative estimate of drug-likeness (QED) is 0.808. The molecule has 2 N–H and O–H groups in total. The Morgan fingerprint density at radius 3 is 2.88 bits per heavy atom. The van der Waals surface area contributed by atoms with Crippen LogP contribution in [0.2, 0.25) is 0 Å². The van der Waals surface area contributed by atoms with Crippen molar-refractivity contribution >= 4 is 5.97 Å². The van der Waals surface area contributed by atoms with Crippen molar-refractivity contribution in [2.75, 3.05) is 13.2 Å². The Hall–Kier alpha value is -1.75. The molecule has 0 amide bonds. The van der Waals surface area contributed by atoms with Crippen LogP contribution in [0.5, 0.6) is 11.5 Å². The lowest BCUT2D eigenvalue weighted by atomic mass is 10.2. The predicted molar refractivity (Wildman–Crippen MR) is 54.9 cm³/mol. The molecule has 16 heavy (non-hydrogen) atoms. The van der Waals surface area contributed by atoms with E-state index in [0.717, 1.165) is 6.42 Å². The third-order valence-electron chi connectivity index (χ3n) is 2.33. The van der Waals surface area contributed by atoms with Crippen LogP contribution in [0.25, 0.3) is 0 Å². The Balaban J connectivity index is 2.16. The Morgan fingerprint density at radius 2 is 2.25 bits per heavy atom. The van der Waals surface area contributed by atoms with E-state index >= 15 is 0 Å². The number of aromatic carboxylic acids is 1. The van der Waals surface area contributed by atoms with Gasteiger partial charge in [-0.1, -0.05) is 0 Å². The summed E-state index contributed by atoms with van der Waals surface area (Å²) < 4.78 is 10.6. The summed E-state index contributed by atoms with van der Waals surface area (Å²) in [5.41, 5.74) is 0.00825. The molecular formula is C11H12O5. The molecule has 1 heterocycles. The first-order valence-corrected chi connectivity index (χ1v) is 4.97. The van der Waals surface area contributed by atoms with Crippen molar-refractivity contribution in [1.82, 2.24) is 0 Å². The molecule has 0 saturated carbocycles. The molecule has 1 aromatic carbocycles. The Bertz CT molecular complexity index is 395. The number of benzene rings is 1. The molecule has 0 unspecified atom stereocenters. The highest BCUT2D eigenvalue weighted by atomic mass is 16.5. The highest BCUT2D eigenvalue weighted by molar-refractivity contribution is 5.88. The largest absolute Gasteiger partial charge is 0.508 e. The number of hydrogen-bond donors (Lipinski definition) is 2. The van der Waals surface area contributed by atoms with Crippen LogP contribution >= 0.6 is 0 Å². The minimum atomic E-state index is -1.09. The Kier molecular flexibility index (Phi) is 2.96. The molecule has 1 aromatic rings. The molecule has 5 nitrogen and oxygen atoms in total. The van der Waals surface area contributed by atoms with Crippen molar-refractivity contribution < 1.29 is 24.5 Å². The topological polar surface area (TPSA) is 76.0 Å². The minimum Gasteiger partial charge on any atom is -0.508 e. The molecule has 0 bridgehead atoms. The van der Waals surface area contributed by atoms with Gasteiger partial charge >= 0.3 is 5.97 Å². The highest BCUT2D eigenvalue weighted by Gasteiger charge is 2.18. The van der Waals surface area contributed by atoms with Gasteiger partial charge in [-0.25, -0.2) is 4.79 Å². The molecule has 1 fully saturated rings. The van der Waals surface area contributed by atoms with Crippen molar-refractivity contribution in [3.8, 4) is 11.5 Å². The van der Waals surface area contributed by atoms with E-state index in [1.165, 1.54) is 18.2 Å².